The van der Waals surface area contributed by atoms with Gasteiger partial charge in [0.25, 0.3) is 0 Å². The highest BCUT2D eigenvalue weighted by atomic mass is 32.1. The molecule has 0 spiro atoms. The van der Waals surface area contributed by atoms with Crippen LogP contribution < -0.4 is 11.5 Å². The summed E-state index contributed by atoms with van der Waals surface area (Å²) in [5.74, 6) is -0.187. The van der Waals surface area contributed by atoms with Gasteiger partial charge in [-0.15, -0.1) is 11.3 Å². The van der Waals surface area contributed by atoms with E-state index < -0.39 is 0 Å². The molecule has 1 aliphatic rings. The topological polar surface area (TPSA) is 69.1 Å². The molecule has 3 nitrogen and oxygen atoms in total. The first-order valence-corrected chi connectivity index (χ1v) is 7.84. The van der Waals surface area contributed by atoms with E-state index in [2.05, 4.69) is 19.9 Å². The van der Waals surface area contributed by atoms with Crippen LogP contribution in [0.1, 0.15) is 59.9 Å². The number of thiophene rings is 1. The molecule has 1 aromatic heterocycles. The molecule has 2 rings (SSSR count). The molecule has 0 saturated heterocycles. The molecule has 0 aliphatic heterocycles. The summed E-state index contributed by atoms with van der Waals surface area (Å²) in [5, 5.41) is 0. The number of rotatable bonds is 5. The summed E-state index contributed by atoms with van der Waals surface area (Å²) >= 11 is 1.78. The number of hydrogen-bond acceptors (Lipinski definition) is 3. The second-order valence-electron chi connectivity index (χ2n) is 6.07. The van der Waals surface area contributed by atoms with Gasteiger partial charge in [-0.1, -0.05) is 12.8 Å². The zero-order valence-electron chi connectivity index (χ0n) is 11.9. The molecule has 0 radical (unpaired) electrons. The minimum atomic E-state index is -0.187. The van der Waals surface area contributed by atoms with Crippen molar-refractivity contribution in [3.8, 4) is 0 Å². The normalized spacial score (nSPS) is 19.5. The Morgan fingerprint density at radius 1 is 1.42 bits per heavy atom. The molecule has 1 amide bonds. The first-order chi connectivity index (χ1) is 8.92. The van der Waals surface area contributed by atoms with Crippen LogP contribution in [0.25, 0.3) is 0 Å². The van der Waals surface area contributed by atoms with Crippen molar-refractivity contribution in [2.45, 2.75) is 58.4 Å². The van der Waals surface area contributed by atoms with E-state index in [-0.39, 0.29) is 17.4 Å². The van der Waals surface area contributed by atoms with Crippen molar-refractivity contribution in [3.63, 3.8) is 0 Å². The lowest BCUT2D eigenvalue weighted by Crippen LogP contribution is -2.29. The van der Waals surface area contributed by atoms with Crippen molar-refractivity contribution in [2.75, 3.05) is 0 Å². The van der Waals surface area contributed by atoms with Gasteiger partial charge in [0.1, 0.15) is 0 Å². The van der Waals surface area contributed by atoms with Gasteiger partial charge in [-0.25, -0.2) is 0 Å². The third-order valence-corrected chi connectivity index (χ3v) is 5.57. The maximum atomic E-state index is 11.3. The van der Waals surface area contributed by atoms with Crippen molar-refractivity contribution >= 4 is 17.2 Å². The van der Waals surface area contributed by atoms with Crippen LogP contribution in [0.15, 0.2) is 6.07 Å². The molecule has 1 aromatic rings. The van der Waals surface area contributed by atoms with E-state index in [1.165, 1.54) is 28.2 Å². The Morgan fingerprint density at radius 2 is 2.05 bits per heavy atom. The van der Waals surface area contributed by atoms with Gasteiger partial charge in [0.15, 0.2) is 0 Å². The van der Waals surface area contributed by atoms with Gasteiger partial charge in [0.05, 0.1) is 0 Å². The zero-order valence-corrected chi connectivity index (χ0v) is 12.7. The van der Waals surface area contributed by atoms with Crippen LogP contribution in [0.4, 0.5) is 0 Å². The Hall–Kier alpha value is -0.870. The SMILES string of the molecule is Cc1cc(C)c(C(N)CC2(CC(N)=O)CCCC2)s1. The largest absolute Gasteiger partial charge is 0.370 e. The number of carbonyl (C=O) groups excluding carboxylic acids is 1. The number of hydrogen-bond donors (Lipinski definition) is 2. The fourth-order valence-electron chi connectivity index (χ4n) is 3.53. The molecule has 1 saturated carbocycles. The highest BCUT2D eigenvalue weighted by molar-refractivity contribution is 7.12. The quantitative estimate of drug-likeness (QED) is 0.869. The van der Waals surface area contributed by atoms with Gasteiger partial charge in [-0.3, -0.25) is 4.79 Å². The Balaban J connectivity index is 2.13. The molecule has 1 heterocycles. The third kappa shape index (κ3) is 3.37. The lowest BCUT2D eigenvalue weighted by Gasteiger charge is -2.30. The van der Waals surface area contributed by atoms with E-state index in [4.69, 9.17) is 11.5 Å². The van der Waals surface area contributed by atoms with Crippen molar-refractivity contribution in [1.29, 1.82) is 0 Å². The van der Waals surface area contributed by atoms with Gasteiger partial charge in [-0.2, -0.15) is 0 Å². The summed E-state index contributed by atoms with van der Waals surface area (Å²) in [7, 11) is 0. The molecule has 19 heavy (non-hydrogen) atoms. The molecule has 4 N–H and O–H groups in total. The van der Waals surface area contributed by atoms with Crippen molar-refractivity contribution in [3.05, 3.63) is 21.4 Å². The second-order valence-corrected chi connectivity index (χ2v) is 7.35. The van der Waals surface area contributed by atoms with Crippen LogP contribution in [-0.4, -0.2) is 5.91 Å². The summed E-state index contributed by atoms with van der Waals surface area (Å²) < 4.78 is 0. The number of nitrogens with two attached hydrogens (primary N) is 2. The number of aryl methyl sites for hydroxylation is 2. The van der Waals surface area contributed by atoms with Crippen molar-refractivity contribution < 1.29 is 4.79 Å². The van der Waals surface area contributed by atoms with E-state index in [9.17, 15) is 4.79 Å². The van der Waals surface area contributed by atoms with Gasteiger partial charge < -0.3 is 11.5 Å². The van der Waals surface area contributed by atoms with E-state index in [0.717, 1.165) is 19.3 Å². The predicted octanol–water partition coefficient (Wildman–Crippen LogP) is 3.19. The molecule has 0 aromatic carbocycles. The monoisotopic (exact) mass is 280 g/mol. The van der Waals surface area contributed by atoms with Gasteiger partial charge in [-0.05, 0) is 50.2 Å². The Kier molecular flexibility index (Phi) is 4.31. The maximum Gasteiger partial charge on any atom is 0.217 e. The molecular formula is C15H24N2OS. The maximum absolute atomic E-state index is 11.3. The number of carbonyl (C=O) groups is 1. The van der Waals surface area contributed by atoms with Crippen LogP contribution in [0.5, 0.6) is 0 Å². The zero-order chi connectivity index (χ0) is 14.0. The minimum Gasteiger partial charge on any atom is -0.370 e. The van der Waals surface area contributed by atoms with E-state index in [1.807, 2.05) is 0 Å². The van der Waals surface area contributed by atoms with E-state index >= 15 is 0 Å². The minimum absolute atomic E-state index is 0.0381. The van der Waals surface area contributed by atoms with Crippen LogP contribution >= 0.6 is 11.3 Å². The molecule has 106 valence electrons. The first-order valence-electron chi connectivity index (χ1n) is 7.03. The van der Waals surface area contributed by atoms with Gasteiger partial charge in [0.2, 0.25) is 5.91 Å². The first kappa shape index (κ1) is 14.5. The molecule has 4 heteroatoms. The standard InChI is InChI=1S/C15H24N2OS/c1-10-7-11(2)19-14(10)12(16)8-15(9-13(17)18)5-3-4-6-15/h7,12H,3-6,8-9,16H2,1-2H3,(H2,17,18). The summed E-state index contributed by atoms with van der Waals surface area (Å²) in [5.41, 5.74) is 13.2. The van der Waals surface area contributed by atoms with Crippen LogP contribution in [0, 0.1) is 19.3 Å². The summed E-state index contributed by atoms with van der Waals surface area (Å²) in [4.78, 5) is 13.9. The Morgan fingerprint density at radius 3 is 2.53 bits per heavy atom. The third-order valence-electron chi connectivity index (χ3n) is 4.28. The lowest BCUT2D eigenvalue weighted by atomic mass is 9.76. The van der Waals surface area contributed by atoms with Gasteiger partial charge >= 0.3 is 0 Å². The van der Waals surface area contributed by atoms with Crippen LogP contribution in [0.3, 0.4) is 0 Å². The number of amides is 1. The Bertz CT molecular complexity index is 461. The molecule has 1 atom stereocenters. The van der Waals surface area contributed by atoms with E-state index in [1.54, 1.807) is 11.3 Å². The van der Waals surface area contributed by atoms with Crippen LogP contribution in [-0.2, 0) is 4.79 Å². The predicted molar refractivity (Wildman–Crippen MR) is 80.1 cm³/mol. The highest BCUT2D eigenvalue weighted by Crippen LogP contribution is 2.47. The average Bonchev–Trinajstić information content (AvgIpc) is 2.85. The molecule has 1 unspecified atom stereocenters. The number of primary amides is 1. The highest BCUT2D eigenvalue weighted by Gasteiger charge is 2.37. The summed E-state index contributed by atoms with van der Waals surface area (Å²) in [6.07, 6.45) is 5.95. The summed E-state index contributed by atoms with van der Waals surface area (Å²) in [6.45, 7) is 4.23. The molecule has 1 aliphatic carbocycles. The lowest BCUT2D eigenvalue weighted by molar-refractivity contribution is -0.120. The van der Waals surface area contributed by atoms with Gasteiger partial charge in [0, 0.05) is 22.2 Å². The van der Waals surface area contributed by atoms with Crippen LogP contribution in [0.2, 0.25) is 0 Å². The fraction of sp³-hybridized carbons (Fsp3) is 0.667. The second kappa shape index (κ2) is 5.63. The van der Waals surface area contributed by atoms with E-state index in [0.29, 0.717) is 6.42 Å². The molecule has 1 fully saturated rings. The summed E-state index contributed by atoms with van der Waals surface area (Å²) in [6, 6.07) is 2.23. The molecule has 0 bridgehead atoms. The molecular weight excluding hydrogens is 256 g/mol. The van der Waals surface area contributed by atoms with Crippen molar-refractivity contribution in [1.82, 2.24) is 0 Å². The smallest absolute Gasteiger partial charge is 0.217 e. The average molecular weight is 280 g/mol. The fourth-order valence-corrected chi connectivity index (χ4v) is 4.57. The van der Waals surface area contributed by atoms with Crippen molar-refractivity contribution in [2.24, 2.45) is 16.9 Å². The Labute approximate surface area is 119 Å².